The van der Waals surface area contributed by atoms with E-state index in [0.29, 0.717) is 13.1 Å². The Bertz CT molecular complexity index is 565. The maximum Gasteiger partial charge on any atom is 0.315 e. The van der Waals surface area contributed by atoms with Gasteiger partial charge in [-0.1, -0.05) is 54.6 Å². The molecule has 2 rings (SSSR count). The molecule has 2 aromatic rings. The van der Waals surface area contributed by atoms with Crippen LogP contribution in [0.4, 0.5) is 4.79 Å². The first-order chi connectivity index (χ1) is 10.1. The van der Waals surface area contributed by atoms with Gasteiger partial charge in [-0.2, -0.15) is 0 Å². The smallest absolute Gasteiger partial charge is 0.315 e. The third-order valence-electron chi connectivity index (χ3n) is 3.21. The van der Waals surface area contributed by atoms with Crippen LogP contribution in [0.3, 0.4) is 0 Å². The minimum atomic E-state index is -0.471. The molecule has 2 aromatic carbocycles. The van der Waals surface area contributed by atoms with Crippen LogP contribution in [0.5, 0.6) is 0 Å². The predicted octanol–water partition coefficient (Wildman–Crippen LogP) is 2.74. The van der Waals surface area contributed by atoms with E-state index in [1.807, 2.05) is 54.6 Å². The molecule has 0 aliphatic rings. The quantitative estimate of drug-likeness (QED) is 0.790. The third kappa shape index (κ3) is 4.93. The molecule has 0 fully saturated rings. The van der Waals surface area contributed by atoms with E-state index in [4.69, 9.17) is 0 Å². The molecule has 110 valence electrons. The van der Waals surface area contributed by atoms with Crippen LogP contribution in [0.25, 0.3) is 0 Å². The predicted molar refractivity (Wildman–Crippen MR) is 82.6 cm³/mol. The van der Waals surface area contributed by atoms with Crippen LogP contribution in [0.15, 0.2) is 54.6 Å². The fourth-order valence-corrected chi connectivity index (χ4v) is 1.94. The summed E-state index contributed by atoms with van der Waals surface area (Å²) in [5.41, 5.74) is 2.93. The summed E-state index contributed by atoms with van der Waals surface area (Å²) in [6, 6.07) is 17.1. The summed E-state index contributed by atoms with van der Waals surface area (Å²) in [7, 11) is 0. The largest absolute Gasteiger partial charge is 0.389 e. The first kappa shape index (κ1) is 15.1. The zero-order valence-electron chi connectivity index (χ0n) is 12.0. The van der Waals surface area contributed by atoms with E-state index in [1.54, 1.807) is 6.92 Å². The number of rotatable bonds is 5. The van der Waals surface area contributed by atoms with Gasteiger partial charge < -0.3 is 15.7 Å². The van der Waals surface area contributed by atoms with Crippen LogP contribution in [-0.4, -0.2) is 11.1 Å². The summed E-state index contributed by atoms with van der Waals surface area (Å²) in [6.07, 6.45) is -0.471. The van der Waals surface area contributed by atoms with Gasteiger partial charge in [-0.15, -0.1) is 0 Å². The molecular weight excluding hydrogens is 264 g/mol. The van der Waals surface area contributed by atoms with E-state index in [9.17, 15) is 9.90 Å². The Morgan fingerprint density at radius 2 is 1.48 bits per heavy atom. The van der Waals surface area contributed by atoms with Gasteiger partial charge in [-0.3, -0.25) is 0 Å². The lowest BCUT2D eigenvalue weighted by Gasteiger charge is -2.09. The molecular formula is C17H20N2O2. The minimum Gasteiger partial charge on any atom is -0.389 e. The second-order valence-corrected chi connectivity index (χ2v) is 4.94. The lowest BCUT2D eigenvalue weighted by molar-refractivity contribution is 0.199. The Morgan fingerprint density at radius 1 is 0.952 bits per heavy atom. The van der Waals surface area contributed by atoms with Gasteiger partial charge in [0.1, 0.15) is 0 Å². The number of carbonyl (C=O) groups excluding carboxylic acids is 1. The maximum absolute atomic E-state index is 11.7. The van der Waals surface area contributed by atoms with Gasteiger partial charge in [-0.05, 0) is 23.6 Å². The van der Waals surface area contributed by atoms with Crippen molar-refractivity contribution < 1.29 is 9.90 Å². The number of hydrogen-bond acceptors (Lipinski definition) is 2. The van der Waals surface area contributed by atoms with Gasteiger partial charge in [-0.25, -0.2) is 4.79 Å². The van der Waals surface area contributed by atoms with Crippen molar-refractivity contribution in [3.8, 4) is 0 Å². The number of amides is 2. The summed E-state index contributed by atoms with van der Waals surface area (Å²) in [4.78, 5) is 11.7. The van der Waals surface area contributed by atoms with Crippen molar-refractivity contribution in [1.82, 2.24) is 10.6 Å². The zero-order valence-corrected chi connectivity index (χ0v) is 12.0. The topological polar surface area (TPSA) is 61.4 Å². The van der Waals surface area contributed by atoms with Crippen molar-refractivity contribution in [3.63, 3.8) is 0 Å². The van der Waals surface area contributed by atoms with E-state index < -0.39 is 6.10 Å². The van der Waals surface area contributed by atoms with Gasteiger partial charge in [0.15, 0.2) is 0 Å². The fourth-order valence-electron chi connectivity index (χ4n) is 1.94. The van der Waals surface area contributed by atoms with Crippen LogP contribution < -0.4 is 10.6 Å². The summed E-state index contributed by atoms with van der Waals surface area (Å²) in [5.74, 6) is 0. The van der Waals surface area contributed by atoms with E-state index in [-0.39, 0.29) is 6.03 Å². The number of benzene rings is 2. The summed E-state index contributed by atoms with van der Waals surface area (Å²) >= 11 is 0. The van der Waals surface area contributed by atoms with Crippen molar-refractivity contribution >= 4 is 6.03 Å². The molecule has 0 aliphatic heterocycles. The Morgan fingerprint density at radius 3 is 2.00 bits per heavy atom. The van der Waals surface area contributed by atoms with E-state index in [0.717, 1.165) is 16.7 Å². The van der Waals surface area contributed by atoms with Gasteiger partial charge in [0.25, 0.3) is 0 Å². The van der Waals surface area contributed by atoms with Gasteiger partial charge in [0, 0.05) is 13.1 Å². The van der Waals surface area contributed by atoms with E-state index in [2.05, 4.69) is 10.6 Å². The average Bonchev–Trinajstić information content (AvgIpc) is 2.52. The Kier molecular flexibility index (Phi) is 5.35. The van der Waals surface area contributed by atoms with Crippen LogP contribution >= 0.6 is 0 Å². The molecule has 2 amide bonds. The fraction of sp³-hybridized carbons (Fsp3) is 0.235. The molecule has 0 bridgehead atoms. The van der Waals surface area contributed by atoms with Crippen LogP contribution in [0.2, 0.25) is 0 Å². The molecule has 0 saturated carbocycles. The number of aliphatic hydroxyl groups excluding tert-OH is 1. The van der Waals surface area contributed by atoms with Gasteiger partial charge >= 0.3 is 6.03 Å². The standard InChI is InChI=1S/C17H20N2O2/c1-13(20)16-9-7-15(8-10-16)12-19-17(21)18-11-14-5-3-2-4-6-14/h2-10,13,20H,11-12H2,1H3,(H2,18,19,21). The number of aliphatic hydroxyl groups is 1. The number of hydrogen-bond donors (Lipinski definition) is 3. The summed E-state index contributed by atoms with van der Waals surface area (Å²) in [6.45, 7) is 2.69. The SMILES string of the molecule is CC(O)c1ccc(CNC(=O)NCc2ccccc2)cc1. The number of nitrogens with one attached hydrogen (secondary N) is 2. The van der Waals surface area contributed by atoms with E-state index >= 15 is 0 Å². The molecule has 1 atom stereocenters. The first-order valence-electron chi connectivity index (χ1n) is 6.97. The molecule has 0 aromatic heterocycles. The van der Waals surface area contributed by atoms with Crippen LogP contribution in [0, 0.1) is 0 Å². The van der Waals surface area contributed by atoms with Crippen molar-refractivity contribution in [1.29, 1.82) is 0 Å². The highest BCUT2D eigenvalue weighted by Crippen LogP contribution is 2.12. The molecule has 0 radical (unpaired) electrons. The van der Waals surface area contributed by atoms with Gasteiger partial charge in [0.05, 0.1) is 6.10 Å². The zero-order chi connectivity index (χ0) is 15.1. The highest BCUT2D eigenvalue weighted by molar-refractivity contribution is 5.73. The van der Waals surface area contributed by atoms with Crippen molar-refractivity contribution in [2.75, 3.05) is 0 Å². The molecule has 0 saturated heterocycles. The average molecular weight is 284 g/mol. The molecule has 3 N–H and O–H groups in total. The molecule has 1 unspecified atom stereocenters. The first-order valence-corrected chi connectivity index (χ1v) is 6.97. The molecule has 0 aliphatic carbocycles. The normalized spacial score (nSPS) is 11.7. The summed E-state index contributed by atoms with van der Waals surface area (Å²) < 4.78 is 0. The molecule has 0 spiro atoms. The van der Waals surface area contributed by atoms with Crippen molar-refractivity contribution in [3.05, 3.63) is 71.3 Å². The highest BCUT2D eigenvalue weighted by Gasteiger charge is 2.02. The molecule has 0 heterocycles. The second-order valence-electron chi connectivity index (χ2n) is 4.94. The lowest BCUT2D eigenvalue weighted by atomic mass is 10.1. The minimum absolute atomic E-state index is 0.196. The summed E-state index contributed by atoms with van der Waals surface area (Å²) in [5, 5.41) is 15.0. The van der Waals surface area contributed by atoms with Gasteiger partial charge in [0.2, 0.25) is 0 Å². The molecule has 21 heavy (non-hydrogen) atoms. The number of carbonyl (C=O) groups is 1. The number of urea groups is 1. The van der Waals surface area contributed by atoms with Crippen molar-refractivity contribution in [2.45, 2.75) is 26.1 Å². The van der Waals surface area contributed by atoms with E-state index in [1.165, 1.54) is 0 Å². The van der Waals surface area contributed by atoms with Crippen LogP contribution in [0.1, 0.15) is 29.7 Å². The molecule has 4 nitrogen and oxygen atoms in total. The Hall–Kier alpha value is -2.33. The Labute approximate surface area is 124 Å². The lowest BCUT2D eigenvalue weighted by Crippen LogP contribution is -2.34. The monoisotopic (exact) mass is 284 g/mol. The van der Waals surface area contributed by atoms with Crippen molar-refractivity contribution in [2.24, 2.45) is 0 Å². The third-order valence-corrected chi connectivity index (χ3v) is 3.21. The maximum atomic E-state index is 11.7. The Balaban J connectivity index is 1.76. The van der Waals surface area contributed by atoms with Crippen LogP contribution in [-0.2, 0) is 13.1 Å². The molecule has 4 heteroatoms. The highest BCUT2D eigenvalue weighted by atomic mass is 16.3. The second kappa shape index (κ2) is 7.45.